The molecule has 3 heteroatoms. The monoisotopic (exact) mass is 171 g/mol. The molecule has 0 aliphatic heterocycles. The smallest absolute Gasteiger partial charge is 0.220 e. The van der Waals surface area contributed by atoms with Crippen molar-refractivity contribution in [3.05, 3.63) is 0 Å². The molecule has 12 heavy (non-hydrogen) atoms. The molecule has 0 radical (unpaired) electrons. The van der Waals surface area contributed by atoms with Crippen molar-refractivity contribution in [3.8, 4) is 0 Å². The van der Waals surface area contributed by atoms with Gasteiger partial charge in [-0.2, -0.15) is 0 Å². The first kappa shape index (κ1) is 11.1. The number of hydrogen-bond acceptors (Lipinski definition) is 2. The Morgan fingerprint density at radius 3 is 2.67 bits per heavy atom. The third-order valence-electron chi connectivity index (χ3n) is 1.64. The lowest BCUT2D eigenvalue weighted by Gasteiger charge is -2.00. The molecule has 0 unspecified atom stereocenters. The summed E-state index contributed by atoms with van der Waals surface area (Å²) >= 11 is 0. The van der Waals surface area contributed by atoms with Gasteiger partial charge in [-0.25, -0.2) is 0 Å². The fourth-order valence-corrected chi connectivity index (χ4v) is 0.956. The minimum Gasteiger partial charge on any atom is -0.349 e. The highest BCUT2D eigenvalue weighted by Crippen LogP contribution is 2.01. The van der Waals surface area contributed by atoms with Crippen LogP contribution >= 0.6 is 0 Å². The van der Waals surface area contributed by atoms with Gasteiger partial charge in [0.25, 0.3) is 0 Å². The van der Waals surface area contributed by atoms with E-state index >= 15 is 0 Å². The van der Waals surface area contributed by atoms with Gasteiger partial charge in [-0.05, 0) is 6.42 Å². The predicted octanol–water partition coefficient (Wildman–Crippen LogP) is 1.27. The number of rotatable bonds is 7. The van der Waals surface area contributed by atoms with Crippen LogP contribution in [0.3, 0.4) is 0 Å². The van der Waals surface area contributed by atoms with Crippen LogP contribution in [-0.4, -0.2) is 18.7 Å². The summed E-state index contributed by atoms with van der Waals surface area (Å²) in [5.74, 6) is -0.0156. The van der Waals surface area contributed by atoms with Gasteiger partial charge in [0, 0.05) is 6.42 Å². The molecule has 0 aromatic heterocycles. The lowest BCUT2D eigenvalue weighted by atomic mass is 10.1. The standard InChI is InChI=1S/C9H17NO2/c1-2-3-4-5-6-9(12)10-7-8-11/h8H,2-7H2,1H3,(H,10,12). The van der Waals surface area contributed by atoms with Crippen LogP contribution in [-0.2, 0) is 9.59 Å². The molecule has 70 valence electrons. The topological polar surface area (TPSA) is 46.2 Å². The molecule has 0 saturated carbocycles. The van der Waals surface area contributed by atoms with Crippen molar-refractivity contribution < 1.29 is 9.59 Å². The van der Waals surface area contributed by atoms with Gasteiger partial charge in [-0.3, -0.25) is 4.79 Å². The molecule has 0 saturated heterocycles. The molecule has 0 aromatic rings. The van der Waals surface area contributed by atoms with Crippen molar-refractivity contribution in [1.82, 2.24) is 5.32 Å². The molecule has 1 N–H and O–H groups in total. The van der Waals surface area contributed by atoms with E-state index in [9.17, 15) is 9.59 Å². The van der Waals surface area contributed by atoms with E-state index in [1.165, 1.54) is 12.8 Å². The molecule has 0 atom stereocenters. The van der Waals surface area contributed by atoms with E-state index in [-0.39, 0.29) is 12.5 Å². The Bertz CT molecular complexity index is 134. The second-order valence-corrected chi connectivity index (χ2v) is 2.78. The summed E-state index contributed by atoms with van der Waals surface area (Å²) in [5, 5.41) is 2.50. The summed E-state index contributed by atoms with van der Waals surface area (Å²) in [6, 6.07) is 0. The summed E-state index contributed by atoms with van der Waals surface area (Å²) in [7, 11) is 0. The van der Waals surface area contributed by atoms with Gasteiger partial charge >= 0.3 is 0 Å². The molecule has 0 fully saturated rings. The van der Waals surface area contributed by atoms with Gasteiger partial charge in [0.15, 0.2) is 0 Å². The minimum atomic E-state index is -0.0156. The van der Waals surface area contributed by atoms with Crippen LogP contribution in [0.5, 0.6) is 0 Å². The highest BCUT2D eigenvalue weighted by molar-refractivity contribution is 5.78. The van der Waals surface area contributed by atoms with E-state index in [0.29, 0.717) is 12.7 Å². The maximum Gasteiger partial charge on any atom is 0.220 e. The fraction of sp³-hybridized carbons (Fsp3) is 0.778. The molecule has 3 nitrogen and oxygen atoms in total. The SMILES string of the molecule is CCCCCCC(=O)NCC=O. The van der Waals surface area contributed by atoms with E-state index in [1.807, 2.05) is 0 Å². The van der Waals surface area contributed by atoms with Crippen LogP contribution in [0.1, 0.15) is 39.0 Å². The largest absolute Gasteiger partial charge is 0.349 e. The van der Waals surface area contributed by atoms with E-state index in [4.69, 9.17) is 0 Å². The number of amides is 1. The Morgan fingerprint density at radius 2 is 2.08 bits per heavy atom. The van der Waals surface area contributed by atoms with E-state index < -0.39 is 0 Å². The zero-order chi connectivity index (χ0) is 9.23. The lowest BCUT2D eigenvalue weighted by molar-refractivity contribution is -0.122. The fourth-order valence-electron chi connectivity index (χ4n) is 0.956. The summed E-state index contributed by atoms with van der Waals surface area (Å²) in [6.45, 7) is 2.28. The third-order valence-corrected chi connectivity index (χ3v) is 1.64. The molecule has 0 aliphatic carbocycles. The number of carbonyl (C=O) groups excluding carboxylic acids is 2. The Hall–Kier alpha value is -0.860. The molecular weight excluding hydrogens is 154 g/mol. The Kier molecular flexibility index (Phi) is 7.65. The first-order valence-electron chi connectivity index (χ1n) is 4.51. The second-order valence-electron chi connectivity index (χ2n) is 2.78. The highest BCUT2D eigenvalue weighted by atomic mass is 16.2. The number of aldehydes is 1. The van der Waals surface area contributed by atoms with Crippen molar-refractivity contribution in [2.24, 2.45) is 0 Å². The van der Waals surface area contributed by atoms with Crippen molar-refractivity contribution in [2.45, 2.75) is 39.0 Å². The van der Waals surface area contributed by atoms with Crippen LogP contribution in [0.25, 0.3) is 0 Å². The van der Waals surface area contributed by atoms with Crippen LogP contribution in [0, 0.1) is 0 Å². The van der Waals surface area contributed by atoms with E-state index in [2.05, 4.69) is 12.2 Å². The molecule has 0 aromatic carbocycles. The first-order valence-corrected chi connectivity index (χ1v) is 4.51. The summed E-state index contributed by atoms with van der Waals surface area (Å²) < 4.78 is 0. The highest BCUT2D eigenvalue weighted by Gasteiger charge is 1.98. The first-order chi connectivity index (χ1) is 5.81. The number of carbonyl (C=O) groups is 2. The number of nitrogens with one attached hydrogen (secondary N) is 1. The maximum atomic E-state index is 10.9. The van der Waals surface area contributed by atoms with Crippen LogP contribution < -0.4 is 5.32 Å². The van der Waals surface area contributed by atoms with Crippen LogP contribution in [0.2, 0.25) is 0 Å². The zero-order valence-corrected chi connectivity index (χ0v) is 7.64. The van der Waals surface area contributed by atoms with E-state index in [0.717, 1.165) is 12.8 Å². The van der Waals surface area contributed by atoms with Gasteiger partial charge in [-0.15, -0.1) is 0 Å². The Balaban J connectivity index is 3.13. The van der Waals surface area contributed by atoms with E-state index in [1.54, 1.807) is 0 Å². The van der Waals surface area contributed by atoms with Gasteiger partial charge < -0.3 is 10.1 Å². The number of hydrogen-bond donors (Lipinski definition) is 1. The second kappa shape index (κ2) is 8.24. The van der Waals surface area contributed by atoms with Crippen molar-refractivity contribution in [3.63, 3.8) is 0 Å². The van der Waals surface area contributed by atoms with Gasteiger partial charge in [-0.1, -0.05) is 26.2 Å². The molecular formula is C9H17NO2. The summed E-state index contributed by atoms with van der Waals surface area (Å²) in [4.78, 5) is 20.8. The molecule has 0 aliphatic rings. The molecule has 0 bridgehead atoms. The molecule has 1 amide bonds. The Labute approximate surface area is 73.5 Å². The van der Waals surface area contributed by atoms with Gasteiger partial charge in [0.2, 0.25) is 5.91 Å². The normalized spacial score (nSPS) is 9.42. The molecule has 0 spiro atoms. The molecule has 0 heterocycles. The maximum absolute atomic E-state index is 10.9. The van der Waals surface area contributed by atoms with Crippen molar-refractivity contribution in [2.75, 3.05) is 6.54 Å². The van der Waals surface area contributed by atoms with Crippen LogP contribution in [0.4, 0.5) is 0 Å². The zero-order valence-electron chi connectivity index (χ0n) is 7.64. The predicted molar refractivity (Wildman–Crippen MR) is 47.8 cm³/mol. The van der Waals surface area contributed by atoms with Crippen molar-refractivity contribution >= 4 is 12.2 Å². The van der Waals surface area contributed by atoms with Crippen LogP contribution in [0.15, 0.2) is 0 Å². The Morgan fingerprint density at radius 1 is 1.33 bits per heavy atom. The van der Waals surface area contributed by atoms with Gasteiger partial charge in [0.1, 0.15) is 6.29 Å². The lowest BCUT2D eigenvalue weighted by Crippen LogP contribution is -2.24. The minimum absolute atomic E-state index is 0.0156. The summed E-state index contributed by atoms with van der Waals surface area (Å²) in [5.41, 5.74) is 0. The average Bonchev–Trinajstić information content (AvgIpc) is 2.09. The average molecular weight is 171 g/mol. The quantitative estimate of drug-likeness (QED) is 0.463. The molecule has 0 rings (SSSR count). The number of unbranched alkanes of at least 4 members (excludes halogenated alkanes) is 3. The third kappa shape index (κ3) is 7.25. The van der Waals surface area contributed by atoms with Gasteiger partial charge in [0.05, 0.1) is 6.54 Å². The summed E-state index contributed by atoms with van der Waals surface area (Å²) in [6.07, 6.45) is 5.64. The van der Waals surface area contributed by atoms with Crippen molar-refractivity contribution in [1.29, 1.82) is 0 Å².